The lowest BCUT2D eigenvalue weighted by Crippen LogP contribution is -2.33. The van der Waals surface area contributed by atoms with Crippen molar-refractivity contribution in [3.63, 3.8) is 0 Å². The number of hydrogen-bond acceptors (Lipinski definition) is 2. The van der Waals surface area contributed by atoms with Crippen molar-refractivity contribution in [1.82, 2.24) is 9.47 Å². The van der Waals surface area contributed by atoms with Crippen LogP contribution >= 0.6 is 11.8 Å². The van der Waals surface area contributed by atoms with Crippen LogP contribution in [0.5, 0.6) is 0 Å². The van der Waals surface area contributed by atoms with Crippen LogP contribution < -0.4 is 0 Å². The number of carbonyl (C=O) groups excluding carboxylic acids is 1. The van der Waals surface area contributed by atoms with Crippen molar-refractivity contribution in [2.75, 3.05) is 12.3 Å². The second-order valence-electron chi connectivity index (χ2n) is 6.42. The van der Waals surface area contributed by atoms with Crippen molar-refractivity contribution in [2.24, 2.45) is 0 Å². The van der Waals surface area contributed by atoms with Crippen LogP contribution in [0.4, 0.5) is 4.39 Å². The molecule has 3 nitrogen and oxygen atoms in total. The van der Waals surface area contributed by atoms with Gasteiger partial charge in [-0.2, -0.15) is 0 Å². The van der Waals surface area contributed by atoms with Crippen LogP contribution in [-0.4, -0.2) is 27.7 Å². The van der Waals surface area contributed by atoms with Crippen LogP contribution in [0, 0.1) is 5.82 Å². The van der Waals surface area contributed by atoms with Crippen molar-refractivity contribution in [1.29, 1.82) is 0 Å². The quantitative estimate of drug-likeness (QED) is 0.378. The second kappa shape index (κ2) is 9.95. The van der Waals surface area contributed by atoms with E-state index in [2.05, 4.69) is 11.1 Å². The molecule has 0 N–H and O–H groups in total. The van der Waals surface area contributed by atoms with Gasteiger partial charge in [-0.25, -0.2) is 4.39 Å². The molecule has 1 heterocycles. The Morgan fingerprint density at radius 3 is 2.54 bits per heavy atom. The lowest BCUT2D eigenvalue weighted by atomic mass is 10.2. The molecule has 0 spiro atoms. The van der Waals surface area contributed by atoms with Crippen LogP contribution in [0.15, 0.2) is 90.5 Å². The summed E-state index contributed by atoms with van der Waals surface area (Å²) in [4.78, 5) is 15.6. The van der Waals surface area contributed by atoms with Crippen LogP contribution in [0.1, 0.15) is 11.3 Å². The fourth-order valence-electron chi connectivity index (χ4n) is 2.89. The Kier molecular flexibility index (Phi) is 7.09. The van der Waals surface area contributed by atoms with Crippen LogP contribution in [0.2, 0.25) is 0 Å². The molecule has 0 saturated carbocycles. The molecule has 2 aromatic carbocycles. The molecule has 0 unspecified atom stereocenters. The fraction of sp³-hybridized carbons (Fsp3) is 0.174. The third kappa shape index (κ3) is 5.60. The summed E-state index contributed by atoms with van der Waals surface area (Å²) in [6.07, 6.45) is 3.73. The predicted molar refractivity (Wildman–Crippen MR) is 113 cm³/mol. The number of nitrogens with zero attached hydrogens (tertiary/aromatic N) is 2. The number of amides is 1. The van der Waals surface area contributed by atoms with Crippen LogP contribution in [-0.2, 0) is 17.9 Å². The van der Waals surface area contributed by atoms with E-state index in [1.807, 2.05) is 48.7 Å². The summed E-state index contributed by atoms with van der Waals surface area (Å²) in [5, 5.41) is 0. The monoisotopic (exact) mass is 394 g/mol. The van der Waals surface area contributed by atoms with Crippen molar-refractivity contribution < 1.29 is 9.18 Å². The highest BCUT2D eigenvalue weighted by molar-refractivity contribution is 8.00. The van der Waals surface area contributed by atoms with Gasteiger partial charge in [-0.15, -0.1) is 18.3 Å². The summed E-state index contributed by atoms with van der Waals surface area (Å²) in [5.41, 5.74) is 2.05. The molecular formula is C23H23FN2OS. The van der Waals surface area contributed by atoms with Gasteiger partial charge in [0.15, 0.2) is 0 Å². The first-order chi connectivity index (χ1) is 13.7. The molecule has 0 aliphatic heterocycles. The number of rotatable bonds is 9. The van der Waals surface area contributed by atoms with E-state index >= 15 is 0 Å². The number of hydrogen-bond donors (Lipinski definition) is 0. The minimum atomic E-state index is -0.241. The van der Waals surface area contributed by atoms with Crippen molar-refractivity contribution in [3.05, 3.63) is 103 Å². The van der Waals surface area contributed by atoms with Gasteiger partial charge in [-0.05, 0) is 42.0 Å². The van der Waals surface area contributed by atoms with E-state index in [4.69, 9.17) is 0 Å². The van der Waals surface area contributed by atoms with E-state index in [1.54, 1.807) is 23.1 Å². The number of carbonyl (C=O) groups is 1. The Balaban J connectivity index is 1.65. The van der Waals surface area contributed by atoms with E-state index in [-0.39, 0.29) is 11.7 Å². The zero-order chi connectivity index (χ0) is 19.8. The molecule has 0 aliphatic rings. The van der Waals surface area contributed by atoms with Gasteiger partial charge < -0.3 is 9.47 Å². The lowest BCUT2D eigenvalue weighted by molar-refractivity contribution is -0.128. The molecule has 3 aromatic rings. The number of benzene rings is 2. The van der Waals surface area contributed by atoms with E-state index < -0.39 is 0 Å². The molecule has 0 fully saturated rings. The van der Waals surface area contributed by atoms with Gasteiger partial charge >= 0.3 is 0 Å². The second-order valence-corrected chi connectivity index (χ2v) is 7.47. The van der Waals surface area contributed by atoms with Crippen molar-refractivity contribution >= 4 is 17.7 Å². The van der Waals surface area contributed by atoms with Gasteiger partial charge in [0.05, 0.1) is 12.3 Å². The molecule has 0 aliphatic carbocycles. The average Bonchev–Trinajstić information content (AvgIpc) is 3.15. The summed E-state index contributed by atoms with van der Waals surface area (Å²) < 4.78 is 15.2. The molecule has 0 bridgehead atoms. The highest BCUT2D eigenvalue weighted by Crippen LogP contribution is 2.18. The predicted octanol–water partition coefficient (Wildman–Crippen LogP) is 4.98. The molecule has 1 aromatic heterocycles. The van der Waals surface area contributed by atoms with Crippen molar-refractivity contribution in [3.8, 4) is 0 Å². The van der Waals surface area contributed by atoms with E-state index in [9.17, 15) is 9.18 Å². The number of aromatic nitrogens is 1. The largest absolute Gasteiger partial charge is 0.345 e. The fourth-order valence-corrected chi connectivity index (χ4v) is 3.72. The van der Waals surface area contributed by atoms with E-state index in [1.165, 1.54) is 23.9 Å². The zero-order valence-corrected chi connectivity index (χ0v) is 16.4. The minimum absolute atomic E-state index is 0.0725. The van der Waals surface area contributed by atoms with Gasteiger partial charge in [0, 0.05) is 29.9 Å². The average molecular weight is 395 g/mol. The lowest BCUT2D eigenvalue weighted by Gasteiger charge is -2.22. The summed E-state index contributed by atoms with van der Waals surface area (Å²) >= 11 is 1.54. The Bertz CT molecular complexity index is 906. The maximum absolute atomic E-state index is 13.1. The molecule has 0 radical (unpaired) electrons. The van der Waals surface area contributed by atoms with Gasteiger partial charge in [0.1, 0.15) is 5.82 Å². The number of thioether (sulfide) groups is 1. The van der Waals surface area contributed by atoms with E-state index in [0.717, 1.165) is 16.2 Å². The highest BCUT2D eigenvalue weighted by atomic mass is 32.2. The smallest absolute Gasteiger partial charge is 0.233 e. The maximum Gasteiger partial charge on any atom is 0.233 e. The first-order valence-electron chi connectivity index (χ1n) is 9.10. The zero-order valence-electron chi connectivity index (χ0n) is 15.6. The Hall–Kier alpha value is -2.79. The molecule has 0 atom stereocenters. The van der Waals surface area contributed by atoms with Gasteiger partial charge in [0.2, 0.25) is 5.91 Å². The third-order valence-electron chi connectivity index (χ3n) is 4.35. The minimum Gasteiger partial charge on any atom is -0.345 e. The van der Waals surface area contributed by atoms with Crippen molar-refractivity contribution in [2.45, 2.75) is 18.0 Å². The van der Waals surface area contributed by atoms with E-state index in [0.29, 0.717) is 25.4 Å². The van der Waals surface area contributed by atoms with Crippen LogP contribution in [0.25, 0.3) is 0 Å². The summed E-state index contributed by atoms with van der Waals surface area (Å²) in [7, 11) is 0. The van der Waals surface area contributed by atoms with Crippen LogP contribution in [0.3, 0.4) is 0 Å². The molecule has 3 rings (SSSR count). The number of halogens is 1. The Morgan fingerprint density at radius 2 is 1.82 bits per heavy atom. The Labute approximate surface area is 169 Å². The Morgan fingerprint density at radius 1 is 1.07 bits per heavy atom. The summed E-state index contributed by atoms with van der Waals surface area (Å²) in [5.74, 6) is 0.217. The van der Waals surface area contributed by atoms with Gasteiger partial charge in [-0.3, -0.25) is 4.79 Å². The first kappa shape index (κ1) is 20.0. The molecule has 5 heteroatoms. The molecule has 1 amide bonds. The normalized spacial score (nSPS) is 10.6. The molecule has 28 heavy (non-hydrogen) atoms. The molecular weight excluding hydrogens is 371 g/mol. The van der Waals surface area contributed by atoms with Gasteiger partial charge in [0.25, 0.3) is 0 Å². The molecule has 144 valence electrons. The van der Waals surface area contributed by atoms with Gasteiger partial charge in [-0.1, -0.05) is 36.4 Å². The summed E-state index contributed by atoms with van der Waals surface area (Å²) in [6, 6.07) is 20.4. The SMILES string of the molecule is C=CCN(Cc1cccn1Cc1ccc(F)cc1)C(=O)CSc1ccccc1. The molecule has 0 saturated heterocycles. The first-order valence-corrected chi connectivity index (χ1v) is 10.1. The standard InChI is InChI=1S/C23H23FN2OS/c1-2-14-26(23(27)18-28-22-8-4-3-5-9-22)17-21-7-6-15-25(21)16-19-10-12-20(24)13-11-19/h2-13,15H,1,14,16-18H2. The maximum atomic E-state index is 13.1. The third-order valence-corrected chi connectivity index (χ3v) is 5.35. The highest BCUT2D eigenvalue weighted by Gasteiger charge is 2.15. The summed E-state index contributed by atoms with van der Waals surface area (Å²) in [6.45, 7) is 5.43. The topological polar surface area (TPSA) is 25.2 Å².